The molecule has 0 amide bonds. The van der Waals surface area contributed by atoms with Gasteiger partial charge >= 0.3 is 0 Å². The maximum absolute atomic E-state index is 5.83. The van der Waals surface area contributed by atoms with E-state index in [4.69, 9.17) is 32.7 Å². The van der Waals surface area contributed by atoms with Crippen molar-refractivity contribution in [2.24, 2.45) is 0 Å². The summed E-state index contributed by atoms with van der Waals surface area (Å²) in [5.41, 5.74) is 0. The summed E-state index contributed by atoms with van der Waals surface area (Å²) in [6.07, 6.45) is 0.189. The zero-order valence-electron chi connectivity index (χ0n) is 9.32. The summed E-state index contributed by atoms with van der Waals surface area (Å²) in [5.74, 6) is 0.425. The minimum atomic E-state index is 0.00163. The third kappa shape index (κ3) is 3.67. The first kappa shape index (κ1) is 12.8. The normalized spacial score (nSPS) is 24.6. The van der Waals surface area contributed by atoms with Crippen molar-refractivity contribution in [3.8, 4) is 5.75 Å². The Morgan fingerprint density at radius 1 is 1.47 bits per heavy atom. The molecule has 7 heteroatoms. The topological polar surface area (TPSA) is 56.3 Å². The van der Waals surface area contributed by atoms with Gasteiger partial charge in [0.1, 0.15) is 12.7 Å². The Labute approximate surface area is 109 Å². The first-order valence-corrected chi connectivity index (χ1v) is 6.08. The molecular weight excluding hydrogens is 265 g/mol. The van der Waals surface area contributed by atoms with Crippen molar-refractivity contribution in [2.75, 3.05) is 19.7 Å². The lowest BCUT2D eigenvalue weighted by atomic mass is 10.2. The molecule has 0 aliphatic carbocycles. The summed E-state index contributed by atoms with van der Waals surface area (Å²) < 4.78 is 11.2. The van der Waals surface area contributed by atoms with Gasteiger partial charge in [-0.05, 0) is 6.92 Å². The molecule has 1 aromatic rings. The average molecular weight is 278 g/mol. The molecule has 2 heterocycles. The minimum Gasteiger partial charge on any atom is -0.487 e. The molecular formula is C10H13Cl2N3O2. The predicted molar refractivity (Wildman–Crippen MR) is 64.8 cm³/mol. The molecule has 0 bridgehead atoms. The minimum absolute atomic E-state index is 0.00163. The number of hydrogen-bond donors (Lipinski definition) is 1. The molecule has 17 heavy (non-hydrogen) atoms. The quantitative estimate of drug-likeness (QED) is 0.908. The molecule has 1 fully saturated rings. The number of ether oxygens (including phenoxy) is 2. The zero-order valence-corrected chi connectivity index (χ0v) is 10.8. The van der Waals surface area contributed by atoms with Crippen molar-refractivity contribution in [3.05, 3.63) is 16.4 Å². The lowest BCUT2D eigenvalue weighted by Crippen LogP contribution is -2.45. The standard InChI is InChI=1S/C10H13Cl2N3O2/c1-6-3-13-4-7(17-6)5-16-8-2-9(11)14-15-10(8)12/h2,6-7,13H,3-5H2,1H3. The highest BCUT2D eigenvalue weighted by Gasteiger charge is 2.19. The Morgan fingerprint density at radius 2 is 2.29 bits per heavy atom. The van der Waals surface area contributed by atoms with E-state index in [1.54, 1.807) is 0 Å². The number of halogens is 2. The molecule has 0 saturated carbocycles. The van der Waals surface area contributed by atoms with Gasteiger partial charge in [0, 0.05) is 19.2 Å². The highest BCUT2D eigenvalue weighted by molar-refractivity contribution is 6.32. The molecule has 2 atom stereocenters. The van der Waals surface area contributed by atoms with Gasteiger partial charge in [-0.1, -0.05) is 23.2 Å². The maximum atomic E-state index is 5.83. The van der Waals surface area contributed by atoms with Crippen molar-refractivity contribution in [1.29, 1.82) is 0 Å². The molecule has 0 aromatic carbocycles. The van der Waals surface area contributed by atoms with Crippen molar-refractivity contribution in [2.45, 2.75) is 19.1 Å². The molecule has 1 aliphatic rings. The number of hydrogen-bond acceptors (Lipinski definition) is 5. The van der Waals surface area contributed by atoms with Crippen molar-refractivity contribution >= 4 is 23.2 Å². The third-order valence-corrected chi connectivity index (χ3v) is 2.79. The van der Waals surface area contributed by atoms with Crippen LogP contribution < -0.4 is 10.1 Å². The van der Waals surface area contributed by atoms with Crippen LogP contribution >= 0.6 is 23.2 Å². The zero-order chi connectivity index (χ0) is 12.3. The van der Waals surface area contributed by atoms with E-state index in [2.05, 4.69) is 15.5 Å². The largest absolute Gasteiger partial charge is 0.487 e. The summed E-state index contributed by atoms with van der Waals surface area (Å²) >= 11 is 11.5. The van der Waals surface area contributed by atoms with Gasteiger partial charge in [-0.15, -0.1) is 10.2 Å². The van der Waals surface area contributed by atoms with Gasteiger partial charge in [-0.3, -0.25) is 0 Å². The fourth-order valence-electron chi connectivity index (χ4n) is 1.59. The van der Waals surface area contributed by atoms with Gasteiger partial charge in [0.25, 0.3) is 0 Å². The fraction of sp³-hybridized carbons (Fsp3) is 0.600. The molecule has 94 valence electrons. The van der Waals surface area contributed by atoms with Crippen LogP contribution in [-0.4, -0.2) is 42.1 Å². The number of rotatable bonds is 3. The number of nitrogens with zero attached hydrogens (tertiary/aromatic N) is 2. The van der Waals surface area contributed by atoms with Gasteiger partial charge in [0.2, 0.25) is 0 Å². The van der Waals surface area contributed by atoms with Crippen molar-refractivity contribution in [3.63, 3.8) is 0 Å². The summed E-state index contributed by atoms with van der Waals surface area (Å²) in [7, 11) is 0. The second-order valence-electron chi connectivity index (χ2n) is 3.86. The van der Waals surface area contributed by atoms with Crippen LogP contribution in [-0.2, 0) is 4.74 Å². The molecule has 1 saturated heterocycles. The van der Waals surface area contributed by atoms with E-state index in [9.17, 15) is 0 Å². The summed E-state index contributed by atoms with van der Waals surface area (Å²) in [5, 5.41) is 11.0. The van der Waals surface area contributed by atoms with Crippen LogP contribution in [0.25, 0.3) is 0 Å². The molecule has 2 unspecified atom stereocenters. The van der Waals surface area contributed by atoms with Gasteiger partial charge in [-0.2, -0.15) is 0 Å². The lowest BCUT2D eigenvalue weighted by Gasteiger charge is -2.28. The van der Waals surface area contributed by atoms with Crippen LogP contribution in [0.1, 0.15) is 6.92 Å². The van der Waals surface area contributed by atoms with E-state index in [1.165, 1.54) is 6.07 Å². The first-order valence-electron chi connectivity index (χ1n) is 5.33. The van der Waals surface area contributed by atoms with Crippen LogP contribution in [0.2, 0.25) is 10.3 Å². The lowest BCUT2D eigenvalue weighted by molar-refractivity contribution is -0.0470. The van der Waals surface area contributed by atoms with Gasteiger partial charge < -0.3 is 14.8 Å². The van der Waals surface area contributed by atoms with E-state index in [0.717, 1.165) is 13.1 Å². The van der Waals surface area contributed by atoms with Crippen LogP contribution in [0.3, 0.4) is 0 Å². The molecule has 1 N–H and O–H groups in total. The Kier molecular flexibility index (Phi) is 4.39. The average Bonchev–Trinajstić information content (AvgIpc) is 2.30. The highest BCUT2D eigenvalue weighted by Crippen LogP contribution is 2.23. The summed E-state index contributed by atoms with van der Waals surface area (Å²) in [4.78, 5) is 0. The van der Waals surface area contributed by atoms with Gasteiger partial charge in [0.05, 0.1) is 6.10 Å². The molecule has 5 nitrogen and oxygen atoms in total. The van der Waals surface area contributed by atoms with E-state index in [0.29, 0.717) is 12.4 Å². The monoisotopic (exact) mass is 277 g/mol. The van der Waals surface area contributed by atoms with Gasteiger partial charge in [0.15, 0.2) is 16.1 Å². The van der Waals surface area contributed by atoms with E-state index < -0.39 is 0 Å². The van der Waals surface area contributed by atoms with E-state index >= 15 is 0 Å². The van der Waals surface area contributed by atoms with Crippen LogP contribution in [0.5, 0.6) is 5.75 Å². The maximum Gasteiger partial charge on any atom is 0.193 e. The van der Waals surface area contributed by atoms with Crippen LogP contribution in [0.15, 0.2) is 6.07 Å². The van der Waals surface area contributed by atoms with Crippen LogP contribution in [0.4, 0.5) is 0 Å². The Hall–Kier alpha value is -0.620. The smallest absolute Gasteiger partial charge is 0.193 e. The second kappa shape index (κ2) is 5.82. The molecule has 1 aliphatic heterocycles. The summed E-state index contributed by atoms with van der Waals surface area (Å²) in [6.45, 7) is 4.03. The van der Waals surface area contributed by atoms with Gasteiger partial charge in [-0.25, -0.2) is 0 Å². The molecule has 2 rings (SSSR count). The Morgan fingerprint density at radius 3 is 3.06 bits per heavy atom. The number of morpholine rings is 1. The van der Waals surface area contributed by atoms with Crippen LogP contribution in [0, 0.1) is 0 Å². The Balaban J connectivity index is 1.90. The predicted octanol–water partition coefficient (Wildman–Crippen LogP) is 1.54. The number of nitrogens with one attached hydrogen (secondary N) is 1. The molecule has 0 radical (unpaired) electrons. The van der Waals surface area contributed by atoms with Crippen molar-refractivity contribution < 1.29 is 9.47 Å². The summed E-state index contributed by atoms with van der Waals surface area (Å²) in [6, 6.07) is 1.54. The van der Waals surface area contributed by atoms with E-state index in [-0.39, 0.29) is 22.5 Å². The number of aromatic nitrogens is 2. The fourth-order valence-corrected chi connectivity index (χ4v) is 1.88. The Bertz CT molecular complexity index is 392. The van der Waals surface area contributed by atoms with Crippen molar-refractivity contribution in [1.82, 2.24) is 15.5 Å². The highest BCUT2D eigenvalue weighted by atomic mass is 35.5. The van der Waals surface area contributed by atoms with E-state index in [1.807, 2.05) is 6.92 Å². The second-order valence-corrected chi connectivity index (χ2v) is 4.61. The molecule has 0 spiro atoms. The molecule has 1 aromatic heterocycles. The first-order chi connectivity index (χ1) is 8.15. The third-order valence-electron chi connectivity index (χ3n) is 2.34. The SMILES string of the molecule is CC1CNCC(COc2cc(Cl)nnc2Cl)O1.